The number of unbranched alkanes of at least 4 members (excludes halogenated alkanes) is 7. The number of carbonyl (C=O) groups excluding carboxylic acids is 3. The summed E-state index contributed by atoms with van der Waals surface area (Å²) in [6.45, 7) is 4.64. The molecule has 31 heavy (non-hydrogen) atoms. The molecule has 0 unspecified atom stereocenters. The number of ether oxygens (including phenoxy) is 3. The van der Waals surface area contributed by atoms with E-state index in [0.29, 0.717) is 13.2 Å². The van der Waals surface area contributed by atoms with Crippen LogP contribution in [0.1, 0.15) is 92.5 Å². The molecule has 1 aromatic rings. The van der Waals surface area contributed by atoms with Gasteiger partial charge in [-0.1, -0.05) is 58.8 Å². The molecule has 0 spiro atoms. The molecule has 1 rings (SSSR count). The zero-order chi connectivity index (χ0) is 22.9. The van der Waals surface area contributed by atoms with E-state index in [0.717, 1.165) is 38.5 Å². The van der Waals surface area contributed by atoms with Crippen molar-refractivity contribution in [1.82, 2.24) is 10.3 Å². The van der Waals surface area contributed by atoms with Crippen LogP contribution in [-0.2, 0) is 14.3 Å². The van der Waals surface area contributed by atoms with Gasteiger partial charge in [-0.2, -0.15) is 0 Å². The van der Waals surface area contributed by atoms with Crippen molar-refractivity contribution in [2.75, 3.05) is 26.9 Å². The second-order valence-electron chi connectivity index (χ2n) is 7.29. The highest BCUT2D eigenvalue weighted by Gasteiger charge is 2.18. The fraction of sp³-hybridized carbons (Fsp3) is 0.652. The second-order valence-corrected chi connectivity index (χ2v) is 7.29. The van der Waals surface area contributed by atoms with Crippen molar-refractivity contribution in [1.29, 1.82) is 0 Å². The minimum Gasteiger partial charge on any atom is -0.494 e. The molecule has 0 aromatic carbocycles. The average Bonchev–Trinajstić information content (AvgIpc) is 2.79. The molecule has 0 aliphatic carbocycles. The molecule has 0 saturated heterocycles. The van der Waals surface area contributed by atoms with Crippen molar-refractivity contribution in [3.05, 3.63) is 23.5 Å². The third-order valence-corrected chi connectivity index (χ3v) is 4.66. The molecule has 0 aliphatic rings. The number of hydrogen-bond donors (Lipinski definition) is 1. The van der Waals surface area contributed by atoms with Crippen LogP contribution in [0.2, 0.25) is 0 Å². The van der Waals surface area contributed by atoms with Gasteiger partial charge in [0.15, 0.2) is 11.4 Å². The smallest absolute Gasteiger partial charge is 0.339 e. The first-order valence-corrected chi connectivity index (χ1v) is 11.2. The van der Waals surface area contributed by atoms with E-state index in [4.69, 9.17) is 14.2 Å². The van der Waals surface area contributed by atoms with Gasteiger partial charge in [-0.15, -0.1) is 0 Å². The van der Waals surface area contributed by atoms with Crippen LogP contribution in [0.3, 0.4) is 0 Å². The van der Waals surface area contributed by atoms with Crippen molar-refractivity contribution < 1.29 is 28.6 Å². The van der Waals surface area contributed by atoms with Gasteiger partial charge in [0.2, 0.25) is 0 Å². The Labute approximate surface area is 185 Å². The van der Waals surface area contributed by atoms with Crippen molar-refractivity contribution in [3.63, 3.8) is 0 Å². The van der Waals surface area contributed by atoms with Crippen LogP contribution in [0, 0.1) is 0 Å². The summed E-state index contributed by atoms with van der Waals surface area (Å²) in [6, 6.07) is 1.40. The molecule has 1 N–H and O–H groups in total. The normalized spacial score (nSPS) is 10.4. The van der Waals surface area contributed by atoms with E-state index in [1.165, 1.54) is 38.6 Å². The molecule has 0 atom stereocenters. The Balaban J connectivity index is 2.44. The maximum Gasteiger partial charge on any atom is 0.339 e. The van der Waals surface area contributed by atoms with Crippen LogP contribution in [0.15, 0.2) is 12.3 Å². The van der Waals surface area contributed by atoms with Gasteiger partial charge in [-0.25, -0.2) is 9.78 Å². The highest BCUT2D eigenvalue weighted by molar-refractivity contribution is 5.98. The van der Waals surface area contributed by atoms with Crippen LogP contribution in [-0.4, -0.2) is 49.7 Å². The average molecular weight is 437 g/mol. The van der Waals surface area contributed by atoms with E-state index in [9.17, 15) is 14.4 Å². The van der Waals surface area contributed by atoms with Gasteiger partial charge < -0.3 is 19.5 Å². The minimum atomic E-state index is -0.587. The predicted octanol–water partition coefficient (Wildman–Crippen LogP) is 4.07. The summed E-state index contributed by atoms with van der Waals surface area (Å²) < 4.78 is 15.5. The number of nitrogens with zero attached hydrogens (tertiary/aromatic N) is 1. The van der Waals surface area contributed by atoms with Crippen LogP contribution >= 0.6 is 0 Å². The summed E-state index contributed by atoms with van der Waals surface area (Å²) in [5.41, 5.74) is 0.178. The lowest BCUT2D eigenvalue weighted by Gasteiger charge is -2.10. The van der Waals surface area contributed by atoms with Crippen LogP contribution in [0.4, 0.5) is 0 Å². The lowest BCUT2D eigenvalue weighted by Crippen LogP contribution is -2.31. The second kappa shape index (κ2) is 16.1. The van der Waals surface area contributed by atoms with E-state index in [-0.39, 0.29) is 23.6 Å². The topological polar surface area (TPSA) is 104 Å². The monoisotopic (exact) mass is 436 g/mol. The number of hydrogen-bond acceptors (Lipinski definition) is 7. The van der Waals surface area contributed by atoms with E-state index >= 15 is 0 Å². The molecular weight excluding hydrogens is 400 g/mol. The number of amides is 1. The van der Waals surface area contributed by atoms with Gasteiger partial charge >= 0.3 is 11.9 Å². The molecule has 174 valence electrons. The van der Waals surface area contributed by atoms with Gasteiger partial charge in [0.25, 0.3) is 5.91 Å². The summed E-state index contributed by atoms with van der Waals surface area (Å²) in [6.07, 6.45) is 10.7. The van der Waals surface area contributed by atoms with Gasteiger partial charge in [0, 0.05) is 6.20 Å². The first kappa shape index (κ1) is 26.4. The van der Waals surface area contributed by atoms with Crippen molar-refractivity contribution in [2.45, 2.75) is 71.6 Å². The summed E-state index contributed by atoms with van der Waals surface area (Å²) in [7, 11) is 1.37. The van der Waals surface area contributed by atoms with Crippen LogP contribution in [0.25, 0.3) is 0 Å². The number of carbonyl (C=O) groups is 3. The number of aromatic nitrogens is 1. The number of rotatable bonds is 16. The third-order valence-electron chi connectivity index (χ3n) is 4.66. The lowest BCUT2D eigenvalue weighted by molar-refractivity contribution is -0.142. The number of pyridine rings is 1. The Kier molecular flexibility index (Phi) is 13.7. The van der Waals surface area contributed by atoms with Crippen molar-refractivity contribution in [3.8, 4) is 5.75 Å². The fourth-order valence-electron chi connectivity index (χ4n) is 2.84. The molecule has 1 amide bonds. The molecule has 8 heteroatoms. The van der Waals surface area contributed by atoms with Gasteiger partial charge in [-0.3, -0.25) is 9.59 Å². The predicted molar refractivity (Wildman–Crippen MR) is 117 cm³/mol. The number of nitrogens with one attached hydrogen (secondary N) is 1. The standard InChI is InChI=1S/C23H36N2O6/c1-4-6-8-9-10-12-13-30-20(26)17-25-22(27)21-19(29-3)15-18(16-24-21)23(28)31-14-11-7-5-2/h15-16H,4-14,17H2,1-3H3,(H,25,27). The largest absolute Gasteiger partial charge is 0.494 e. The summed E-state index contributed by atoms with van der Waals surface area (Å²) in [5, 5.41) is 2.47. The third kappa shape index (κ3) is 10.8. The Bertz CT molecular complexity index is 693. The van der Waals surface area contributed by atoms with Gasteiger partial charge in [0.05, 0.1) is 25.9 Å². The molecule has 1 heterocycles. The van der Waals surface area contributed by atoms with E-state index in [1.54, 1.807) is 0 Å². The zero-order valence-corrected chi connectivity index (χ0v) is 19.0. The van der Waals surface area contributed by atoms with E-state index in [1.807, 2.05) is 0 Å². The van der Waals surface area contributed by atoms with E-state index < -0.39 is 17.8 Å². The van der Waals surface area contributed by atoms with Gasteiger partial charge in [0.1, 0.15) is 6.54 Å². The number of methoxy groups -OCH3 is 1. The molecule has 8 nitrogen and oxygen atoms in total. The Morgan fingerprint density at radius 3 is 2.23 bits per heavy atom. The Morgan fingerprint density at radius 2 is 1.52 bits per heavy atom. The molecule has 1 aromatic heterocycles. The van der Waals surface area contributed by atoms with Crippen molar-refractivity contribution >= 4 is 17.8 Å². The maximum absolute atomic E-state index is 12.4. The van der Waals surface area contributed by atoms with Crippen LogP contribution in [0.5, 0.6) is 5.75 Å². The first-order chi connectivity index (χ1) is 15.0. The van der Waals surface area contributed by atoms with Gasteiger partial charge in [-0.05, 0) is 18.9 Å². The minimum absolute atomic E-state index is 0.0197. The quantitative estimate of drug-likeness (QED) is 0.308. The van der Waals surface area contributed by atoms with Crippen LogP contribution < -0.4 is 10.1 Å². The lowest BCUT2D eigenvalue weighted by atomic mass is 10.1. The fourth-order valence-corrected chi connectivity index (χ4v) is 2.84. The molecular formula is C23H36N2O6. The maximum atomic E-state index is 12.4. The Morgan fingerprint density at radius 1 is 0.903 bits per heavy atom. The van der Waals surface area contributed by atoms with Crippen molar-refractivity contribution in [2.24, 2.45) is 0 Å². The molecule has 0 saturated carbocycles. The highest BCUT2D eigenvalue weighted by Crippen LogP contribution is 2.18. The Hall–Kier alpha value is -2.64. The zero-order valence-electron chi connectivity index (χ0n) is 19.0. The highest BCUT2D eigenvalue weighted by atomic mass is 16.5. The summed E-state index contributed by atoms with van der Waals surface area (Å²) in [5.74, 6) is -1.49. The molecule has 0 aliphatic heterocycles. The van der Waals surface area contributed by atoms with E-state index in [2.05, 4.69) is 24.1 Å². The molecule has 0 bridgehead atoms. The summed E-state index contributed by atoms with van der Waals surface area (Å²) in [4.78, 5) is 40.3. The molecule has 0 radical (unpaired) electrons. The first-order valence-electron chi connectivity index (χ1n) is 11.2. The number of esters is 2. The summed E-state index contributed by atoms with van der Waals surface area (Å²) >= 11 is 0. The molecule has 0 fully saturated rings. The SMILES string of the molecule is CCCCCCCCOC(=O)CNC(=O)c1ncc(C(=O)OCCCCC)cc1OC.